The molecule has 0 aromatic heterocycles. The van der Waals surface area contributed by atoms with E-state index in [0.29, 0.717) is 17.6 Å². The molecule has 4 atom stereocenters. The number of hydrogen-bond donors (Lipinski definition) is 0. The lowest BCUT2D eigenvalue weighted by molar-refractivity contribution is -0.00956. The number of fused-ring (bicyclic) bond motifs is 1. The van der Waals surface area contributed by atoms with Gasteiger partial charge in [0.2, 0.25) is 0 Å². The van der Waals surface area contributed by atoms with Crippen LogP contribution in [0.25, 0.3) is 11.1 Å². The molecule has 0 aliphatic heterocycles. The van der Waals surface area contributed by atoms with Crippen LogP contribution in [0.1, 0.15) is 62.5 Å². The summed E-state index contributed by atoms with van der Waals surface area (Å²) in [5, 5.41) is 0. The Hall–Kier alpha value is -1.67. The maximum absolute atomic E-state index is 14.8. The minimum Gasteiger partial charge on any atom is -0.378 e. The van der Waals surface area contributed by atoms with Crippen LogP contribution in [0.15, 0.2) is 42.5 Å². The minimum absolute atomic E-state index is 0.0847. The summed E-state index contributed by atoms with van der Waals surface area (Å²) in [5.41, 5.74) is 4.06. The fraction of sp³-hybridized carbons (Fsp3) is 0.520. The Morgan fingerprint density at radius 1 is 0.926 bits per heavy atom. The number of aryl methyl sites for hydroxylation is 1. The van der Waals surface area contributed by atoms with Crippen LogP contribution in [0, 0.1) is 24.6 Å². The van der Waals surface area contributed by atoms with E-state index in [-0.39, 0.29) is 5.82 Å². The minimum atomic E-state index is -0.0847. The smallest absolute Gasteiger partial charge is 0.131 e. The maximum atomic E-state index is 14.8. The van der Waals surface area contributed by atoms with Gasteiger partial charge in [0.1, 0.15) is 5.82 Å². The van der Waals surface area contributed by atoms with Crippen molar-refractivity contribution in [2.24, 2.45) is 11.8 Å². The first-order valence-electron chi connectivity index (χ1n) is 10.6. The number of ether oxygens (including phenoxy) is 1. The van der Waals surface area contributed by atoms with Gasteiger partial charge in [0.05, 0.1) is 6.10 Å². The van der Waals surface area contributed by atoms with E-state index >= 15 is 0 Å². The molecule has 27 heavy (non-hydrogen) atoms. The highest BCUT2D eigenvalue weighted by molar-refractivity contribution is 5.64. The first-order chi connectivity index (χ1) is 13.1. The molecule has 1 nitrogen and oxygen atoms in total. The van der Waals surface area contributed by atoms with Crippen LogP contribution in [-0.4, -0.2) is 12.7 Å². The zero-order valence-corrected chi connectivity index (χ0v) is 16.6. The summed E-state index contributed by atoms with van der Waals surface area (Å²) >= 11 is 0. The number of halogens is 1. The van der Waals surface area contributed by atoms with Crippen molar-refractivity contribution in [3.63, 3.8) is 0 Å². The zero-order chi connectivity index (χ0) is 18.8. The highest BCUT2D eigenvalue weighted by Gasteiger charge is 2.36. The summed E-state index contributed by atoms with van der Waals surface area (Å²) in [6.07, 6.45) is 7.83. The Labute approximate surface area is 163 Å². The molecule has 0 radical (unpaired) electrons. The molecule has 144 valence electrons. The molecule has 2 aromatic rings. The highest BCUT2D eigenvalue weighted by Crippen LogP contribution is 2.47. The van der Waals surface area contributed by atoms with Gasteiger partial charge in [-0.15, -0.1) is 0 Å². The van der Waals surface area contributed by atoms with Gasteiger partial charge >= 0.3 is 0 Å². The molecular formula is C25H31FO. The maximum Gasteiger partial charge on any atom is 0.131 e. The van der Waals surface area contributed by atoms with Crippen molar-refractivity contribution >= 4 is 0 Å². The second-order valence-electron chi connectivity index (χ2n) is 8.53. The molecular weight excluding hydrogens is 335 g/mol. The molecule has 4 unspecified atom stereocenters. The average Bonchev–Trinajstić information content (AvgIpc) is 2.68. The fourth-order valence-corrected chi connectivity index (χ4v) is 5.29. The van der Waals surface area contributed by atoms with Gasteiger partial charge in [0.15, 0.2) is 0 Å². The van der Waals surface area contributed by atoms with Gasteiger partial charge < -0.3 is 4.74 Å². The quantitative estimate of drug-likeness (QED) is 0.572. The van der Waals surface area contributed by atoms with E-state index in [1.807, 2.05) is 30.3 Å². The van der Waals surface area contributed by atoms with Crippen LogP contribution in [0.5, 0.6) is 0 Å². The van der Waals surface area contributed by atoms with Crippen molar-refractivity contribution in [2.45, 2.75) is 64.4 Å². The molecule has 0 amide bonds. The summed E-state index contributed by atoms with van der Waals surface area (Å²) in [4.78, 5) is 0. The monoisotopic (exact) mass is 366 g/mol. The van der Waals surface area contributed by atoms with Crippen LogP contribution in [-0.2, 0) is 4.74 Å². The van der Waals surface area contributed by atoms with E-state index in [9.17, 15) is 4.39 Å². The van der Waals surface area contributed by atoms with Crippen LogP contribution < -0.4 is 0 Å². The van der Waals surface area contributed by atoms with Gasteiger partial charge in [0.25, 0.3) is 0 Å². The standard InChI is InChI=1S/C25H31FO/c1-3-27-23-12-10-20-14-19(8-9-21(20)15-23)22-11-13-24(25(26)16-22)18-6-4-17(2)5-7-18/h4-7,11,13,16,19-21,23H,3,8-10,12,14-15H2,1-2H3. The molecule has 0 spiro atoms. The lowest BCUT2D eigenvalue weighted by atomic mass is 9.65. The lowest BCUT2D eigenvalue weighted by Crippen LogP contribution is -2.33. The Morgan fingerprint density at radius 3 is 2.41 bits per heavy atom. The van der Waals surface area contributed by atoms with Gasteiger partial charge in [-0.1, -0.05) is 42.0 Å². The Kier molecular flexibility index (Phi) is 5.63. The third-order valence-corrected chi connectivity index (χ3v) is 6.79. The van der Waals surface area contributed by atoms with Gasteiger partial charge in [-0.3, -0.25) is 0 Å². The van der Waals surface area contributed by atoms with Crippen molar-refractivity contribution < 1.29 is 9.13 Å². The van der Waals surface area contributed by atoms with Gasteiger partial charge in [-0.25, -0.2) is 4.39 Å². The van der Waals surface area contributed by atoms with E-state index in [2.05, 4.69) is 19.9 Å². The molecule has 4 rings (SSSR count). The molecule has 0 N–H and O–H groups in total. The average molecular weight is 367 g/mol. The van der Waals surface area contributed by atoms with E-state index in [0.717, 1.165) is 24.0 Å². The topological polar surface area (TPSA) is 9.23 Å². The molecule has 0 saturated heterocycles. The summed E-state index contributed by atoms with van der Waals surface area (Å²) in [6.45, 7) is 4.98. The van der Waals surface area contributed by atoms with Crippen molar-refractivity contribution in [1.29, 1.82) is 0 Å². The normalized spacial score (nSPS) is 28.0. The molecule has 2 aliphatic rings. The van der Waals surface area contributed by atoms with Crippen molar-refractivity contribution in [3.05, 3.63) is 59.4 Å². The van der Waals surface area contributed by atoms with E-state index in [4.69, 9.17) is 4.74 Å². The van der Waals surface area contributed by atoms with Crippen LogP contribution >= 0.6 is 0 Å². The molecule has 2 aromatic carbocycles. The van der Waals surface area contributed by atoms with E-state index in [1.165, 1.54) is 49.7 Å². The molecule has 2 aliphatic carbocycles. The van der Waals surface area contributed by atoms with Crippen molar-refractivity contribution in [2.75, 3.05) is 6.61 Å². The summed E-state index contributed by atoms with van der Waals surface area (Å²) in [6, 6.07) is 14.0. The highest BCUT2D eigenvalue weighted by atomic mass is 19.1. The van der Waals surface area contributed by atoms with Crippen LogP contribution in [0.2, 0.25) is 0 Å². The van der Waals surface area contributed by atoms with Gasteiger partial charge in [0, 0.05) is 12.2 Å². The Balaban J connectivity index is 1.45. The third kappa shape index (κ3) is 4.11. The van der Waals surface area contributed by atoms with E-state index in [1.54, 1.807) is 6.07 Å². The Bertz CT molecular complexity index is 766. The van der Waals surface area contributed by atoms with Crippen LogP contribution in [0.3, 0.4) is 0 Å². The first kappa shape index (κ1) is 18.7. The Morgan fingerprint density at radius 2 is 1.67 bits per heavy atom. The third-order valence-electron chi connectivity index (χ3n) is 6.79. The second kappa shape index (κ2) is 8.14. The summed E-state index contributed by atoms with van der Waals surface area (Å²) < 4.78 is 20.7. The number of hydrogen-bond acceptors (Lipinski definition) is 1. The van der Waals surface area contributed by atoms with Gasteiger partial charge in [-0.2, -0.15) is 0 Å². The molecule has 0 bridgehead atoms. The van der Waals surface area contributed by atoms with Crippen molar-refractivity contribution in [1.82, 2.24) is 0 Å². The van der Waals surface area contributed by atoms with Crippen LogP contribution in [0.4, 0.5) is 4.39 Å². The predicted octanol–water partition coefficient (Wildman–Crippen LogP) is 6.89. The zero-order valence-electron chi connectivity index (χ0n) is 16.6. The first-order valence-corrected chi connectivity index (χ1v) is 10.6. The molecule has 2 saturated carbocycles. The number of rotatable bonds is 4. The van der Waals surface area contributed by atoms with Crippen molar-refractivity contribution in [3.8, 4) is 11.1 Å². The fourth-order valence-electron chi connectivity index (χ4n) is 5.29. The SMILES string of the molecule is CCOC1CCC2CC(c3ccc(-c4ccc(C)cc4)c(F)c3)CCC2C1. The number of benzene rings is 2. The second-order valence-corrected chi connectivity index (χ2v) is 8.53. The molecule has 2 heteroatoms. The van der Waals surface area contributed by atoms with Gasteiger partial charge in [-0.05, 0) is 87.3 Å². The summed E-state index contributed by atoms with van der Waals surface area (Å²) in [5.74, 6) is 2.03. The van der Waals surface area contributed by atoms with E-state index < -0.39 is 0 Å². The molecule has 0 heterocycles. The predicted molar refractivity (Wildman–Crippen MR) is 109 cm³/mol. The summed E-state index contributed by atoms with van der Waals surface area (Å²) in [7, 11) is 0. The molecule has 2 fully saturated rings. The lowest BCUT2D eigenvalue weighted by Gasteiger charge is -2.42. The largest absolute Gasteiger partial charge is 0.378 e.